The van der Waals surface area contributed by atoms with Gasteiger partial charge in [0.1, 0.15) is 0 Å². The summed E-state index contributed by atoms with van der Waals surface area (Å²) in [6.07, 6.45) is 4.51. The van der Waals surface area contributed by atoms with Crippen LogP contribution in [0, 0.1) is 6.92 Å². The van der Waals surface area contributed by atoms with Crippen molar-refractivity contribution in [1.29, 1.82) is 0 Å². The van der Waals surface area contributed by atoms with Crippen LogP contribution in [0.4, 0.5) is 0 Å². The van der Waals surface area contributed by atoms with E-state index < -0.39 is 0 Å². The number of fused-ring (bicyclic) bond motifs is 1. The third-order valence-corrected chi connectivity index (χ3v) is 6.20. The summed E-state index contributed by atoms with van der Waals surface area (Å²) < 4.78 is 0. The van der Waals surface area contributed by atoms with E-state index in [1.54, 1.807) is 0 Å². The lowest BCUT2D eigenvalue weighted by Crippen LogP contribution is -2.47. The number of H-pyrrole nitrogens is 1. The Kier molecular flexibility index (Phi) is 6.48. The van der Waals surface area contributed by atoms with Gasteiger partial charge in [0, 0.05) is 31.1 Å². The highest BCUT2D eigenvalue weighted by molar-refractivity contribution is 6.04. The first-order chi connectivity index (χ1) is 14.7. The molecule has 0 spiro atoms. The Morgan fingerprint density at radius 2 is 1.93 bits per heavy atom. The molecule has 2 aromatic carbocycles. The minimum absolute atomic E-state index is 0.0303. The maximum absolute atomic E-state index is 13.7. The van der Waals surface area contributed by atoms with Crippen molar-refractivity contribution in [3.8, 4) is 0 Å². The second-order valence-electron chi connectivity index (χ2n) is 8.47. The summed E-state index contributed by atoms with van der Waals surface area (Å²) in [6, 6.07) is 16.6. The molecule has 0 radical (unpaired) electrons. The first-order valence-corrected chi connectivity index (χ1v) is 11.2. The van der Waals surface area contributed by atoms with E-state index in [1.165, 1.54) is 19.4 Å². The third kappa shape index (κ3) is 4.57. The maximum atomic E-state index is 13.7. The predicted octanol–water partition coefficient (Wildman–Crippen LogP) is 4.78. The van der Waals surface area contributed by atoms with Crippen molar-refractivity contribution in [2.45, 2.75) is 52.1 Å². The molecule has 5 heteroatoms. The fourth-order valence-electron chi connectivity index (χ4n) is 4.41. The fourth-order valence-corrected chi connectivity index (χ4v) is 4.41. The normalized spacial score (nSPS) is 15.5. The molecule has 1 aliphatic rings. The molecule has 0 atom stereocenters. The number of benzene rings is 2. The fraction of sp³-hybridized carbons (Fsp3) is 0.440. The van der Waals surface area contributed by atoms with E-state index in [0.717, 1.165) is 48.0 Å². The number of aromatic nitrogens is 2. The van der Waals surface area contributed by atoms with Gasteiger partial charge in [-0.05, 0) is 50.4 Å². The van der Waals surface area contributed by atoms with E-state index in [1.807, 2.05) is 30.3 Å². The summed E-state index contributed by atoms with van der Waals surface area (Å²) >= 11 is 0. The van der Waals surface area contributed by atoms with E-state index in [4.69, 9.17) is 0 Å². The van der Waals surface area contributed by atoms with Crippen molar-refractivity contribution in [3.05, 3.63) is 65.4 Å². The highest BCUT2D eigenvalue weighted by Crippen LogP contribution is 2.25. The largest absolute Gasteiger partial charge is 0.330 e. The zero-order valence-electron chi connectivity index (χ0n) is 18.1. The molecular weight excluding hydrogens is 372 g/mol. The molecule has 1 aliphatic heterocycles. The van der Waals surface area contributed by atoms with E-state index >= 15 is 0 Å². The third-order valence-electron chi connectivity index (χ3n) is 6.20. The van der Waals surface area contributed by atoms with E-state index in [9.17, 15) is 4.79 Å². The number of piperidine rings is 1. The second-order valence-corrected chi connectivity index (χ2v) is 8.47. The first kappa shape index (κ1) is 20.6. The number of nitrogens with one attached hydrogen (secondary N) is 1. The Bertz CT molecular complexity index is 973. The number of hydrogen-bond acceptors (Lipinski definition) is 3. The summed E-state index contributed by atoms with van der Waals surface area (Å²) in [5.41, 5.74) is 3.75. The lowest BCUT2D eigenvalue weighted by Gasteiger charge is -2.38. The van der Waals surface area contributed by atoms with Gasteiger partial charge in [0.15, 0.2) is 5.69 Å². The average Bonchev–Trinajstić information content (AvgIpc) is 3.20. The van der Waals surface area contributed by atoms with Crippen LogP contribution in [-0.4, -0.2) is 51.6 Å². The van der Waals surface area contributed by atoms with Crippen molar-refractivity contribution in [3.63, 3.8) is 0 Å². The average molecular weight is 405 g/mol. The smallest absolute Gasteiger partial charge is 0.275 e. The van der Waals surface area contributed by atoms with Crippen molar-refractivity contribution >= 4 is 16.8 Å². The Hall–Kier alpha value is -2.66. The molecule has 30 heavy (non-hydrogen) atoms. The summed E-state index contributed by atoms with van der Waals surface area (Å²) in [7, 11) is 0. The van der Waals surface area contributed by atoms with Gasteiger partial charge in [0.25, 0.3) is 5.91 Å². The van der Waals surface area contributed by atoms with Crippen LogP contribution in [0.3, 0.4) is 0 Å². The highest BCUT2D eigenvalue weighted by atomic mass is 16.2. The molecule has 158 valence electrons. The molecule has 0 bridgehead atoms. The van der Waals surface area contributed by atoms with E-state index in [-0.39, 0.29) is 11.9 Å². The second kappa shape index (κ2) is 9.43. The number of aromatic amines is 1. The molecule has 1 saturated heterocycles. The Morgan fingerprint density at radius 3 is 2.67 bits per heavy atom. The predicted molar refractivity (Wildman–Crippen MR) is 122 cm³/mol. The van der Waals surface area contributed by atoms with Gasteiger partial charge in [0.05, 0.1) is 5.52 Å². The minimum atomic E-state index is 0.0303. The monoisotopic (exact) mass is 404 g/mol. The maximum Gasteiger partial charge on any atom is 0.275 e. The zero-order valence-corrected chi connectivity index (χ0v) is 18.1. The molecule has 1 fully saturated rings. The standard InChI is InChI=1S/C25H32N4O/c1-3-4-14-28-15-12-21(13-16-28)29(18-20-8-6-5-7-9-20)25(30)24-22-17-19(2)10-11-23(22)26-27-24/h5-11,17,21H,3-4,12-16,18H2,1-2H3,(H,26,27). The number of aryl methyl sites for hydroxylation is 1. The number of carbonyl (C=O) groups excluding carboxylic acids is 1. The van der Waals surface area contributed by atoms with Crippen LogP contribution < -0.4 is 0 Å². The van der Waals surface area contributed by atoms with Crippen LogP contribution in [0.1, 0.15) is 54.2 Å². The molecule has 2 heterocycles. The Morgan fingerprint density at radius 1 is 1.17 bits per heavy atom. The molecule has 4 rings (SSSR count). The van der Waals surface area contributed by atoms with Gasteiger partial charge in [-0.15, -0.1) is 0 Å². The summed E-state index contributed by atoms with van der Waals surface area (Å²) in [5.74, 6) is 0.0303. The van der Waals surface area contributed by atoms with Crippen LogP contribution in [0.5, 0.6) is 0 Å². The molecule has 1 aromatic heterocycles. The van der Waals surface area contributed by atoms with Gasteiger partial charge in [-0.1, -0.05) is 55.3 Å². The number of hydrogen-bond donors (Lipinski definition) is 1. The van der Waals surface area contributed by atoms with Crippen molar-refractivity contribution in [1.82, 2.24) is 20.0 Å². The molecule has 0 aliphatic carbocycles. The Labute approximate surface area is 179 Å². The lowest BCUT2D eigenvalue weighted by molar-refractivity contribution is 0.0545. The van der Waals surface area contributed by atoms with E-state index in [2.05, 4.69) is 52.0 Å². The minimum Gasteiger partial charge on any atom is -0.330 e. The van der Waals surface area contributed by atoms with Crippen molar-refractivity contribution < 1.29 is 4.79 Å². The molecule has 1 amide bonds. The van der Waals surface area contributed by atoms with Gasteiger partial charge in [0.2, 0.25) is 0 Å². The molecule has 0 unspecified atom stereocenters. The van der Waals surface area contributed by atoms with Gasteiger partial charge in [-0.2, -0.15) is 5.10 Å². The Balaban J connectivity index is 1.58. The summed E-state index contributed by atoms with van der Waals surface area (Å²) in [4.78, 5) is 18.3. The van der Waals surface area contributed by atoms with Crippen LogP contribution in [0.25, 0.3) is 10.9 Å². The van der Waals surface area contributed by atoms with Crippen LogP contribution in [0.2, 0.25) is 0 Å². The number of carbonyl (C=O) groups is 1. The number of rotatable bonds is 7. The van der Waals surface area contributed by atoms with Crippen LogP contribution >= 0.6 is 0 Å². The van der Waals surface area contributed by atoms with Crippen LogP contribution in [-0.2, 0) is 6.54 Å². The van der Waals surface area contributed by atoms with Gasteiger partial charge >= 0.3 is 0 Å². The van der Waals surface area contributed by atoms with Gasteiger partial charge in [-0.25, -0.2) is 0 Å². The molecular formula is C25H32N4O. The van der Waals surface area contributed by atoms with Gasteiger partial charge in [-0.3, -0.25) is 9.89 Å². The topological polar surface area (TPSA) is 52.2 Å². The number of unbranched alkanes of at least 4 members (excludes halogenated alkanes) is 1. The summed E-state index contributed by atoms with van der Waals surface area (Å²) in [6.45, 7) is 8.20. The number of nitrogens with zero attached hydrogens (tertiary/aromatic N) is 3. The molecule has 1 N–H and O–H groups in total. The number of amides is 1. The molecule has 0 saturated carbocycles. The summed E-state index contributed by atoms with van der Waals surface area (Å²) in [5, 5.41) is 8.38. The van der Waals surface area contributed by atoms with Crippen molar-refractivity contribution in [2.75, 3.05) is 19.6 Å². The SMILES string of the molecule is CCCCN1CCC(N(Cc2ccccc2)C(=O)c2n[nH]c3ccc(C)cc23)CC1. The number of likely N-dealkylation sites (tertiary alicyclic amines) is 1. The first-order valence-electron chi connectivity index (χ1n) is 11.2. The molecule has 5 nitrogen and oxygen atoms in total. The van der Waals surface area contributed by atoms with Crippen LogP contribution in [0.15, 0.2) is 48.5 Å². The lowest BCUT2D eigenvalue weighted by atomic mass is 10.0. The molecule has 3 aromatic rings. The quantitative estimate of drug-likeness (QED) is 0.617. The zero-order chi connectivity index (χ0) is 20.9. The van der Waals surface area contributed by atoms with E-state index in [0.29, 0.717) is 12.2 Å². The van der Waals surface area contributed by atoms with Crippen molar-refractivity contribution in [2.24, 2.45) is 0 Å². The van der Waals surface area contributed by atoms with Gasteiger partial charge < -0.3 is 9.80 Å². The highest BCUT2D eigenvalue weighted by Gasteiger charge is 2.30.